The number of rotatable bonds is 4. The molecule has 1 aromatic rings. The van der Waals surface area contributed by atoms with E-state index in [4.69, 9.17) is 0 Å². The summed E-state index contributed by atoms with van der Waals surface area (Å²) in [5.41, 5.74) is 1.13. The van der Waals surface area contributed by atoms with Crippen molar-refractivity contribution in [2.45, 2.75) is 52.5 Å². The van der Waals surface area contributed by atoms with Crippen molar-refractivity contribution in [1.29, 1.82) is 0 Å². The Morgan fingerprint density at radius 1 is 1.29 bits per heavy atom. The number of thiophene rings is 1. The quantitative estimate of drug-likeness (QED) is 0.895. The largest absolute Gasteiger partial charge is 0.481 e. The fourth-order valence-corrected chi connectivity index (χ4v) is 4.24. The van der Waals surface area contributed by atoms with E-state index in [-0.39, 0.29) is 11.9 Å². The molecule has 1 aliphatic rings. The molecule has 1 aromatic heterocycles. The molecule has 116 valence electrons. The summed E-state index contributed by atoms with van der Waals surface area (Å²) in [4.78, 5) is 26.2. The monoisotopic (exact) mass is 309 g/mol. The first-order valence-electron chi connectivity index (χ1n) is 7.50. The molecule has 1 amide bonds. The average molecular weight is 309 g/mol. The molecule has 0 saturated heterocycles. The van der Waals surface area contributed by atoms with Crippen molar-refractivity contribution in [3.05, 3.63) is 21.4 Å². The molecule has 0 bridgehead atoms. The van der Waals surface area contributed by atoms with Crippen LogP contribution in [0.1, 0.15) is 54.0 Å². The Hall–Kier alpha value is -1.36. The molecule has 0 radical (unpaired) electrons. The third kappa shape index (κ3) is 3.64. The highest BCUT2D eigenvalue weighted by molar-refractivity contribution is 7.12. The Morgan fingerprint density at radius 2 is 1.90 bits per heavy atom. The van der Waals surface area contributed by atoms with Gasteiger partial charge in [0.15, 0.2) is 0 Å². The van der Waals surface area contributed by atoms with Crippen molar-refractivity contribution in [3.63, 3.8) is 0 Å². The van der Waals surface area contributed by atoms with Crippen LogP contribution < -0.4 is 5.32 Å². The normalized spacial score (nSPS) is 23.6. The predicted octanol–water partition coefficient (Wildman–Crippen LogP) is 3.43. The van der Waals surface area contributed by atoms with Gasteiger partial charge in [0, 0.05) is 9.75 Å². The fraction of sp³-hybridized carbons (Fsp3) is 0.625. The molecule has 5 heteroatoms. The van der Waals surface area contributed by atoms with E-state index < -0.39 is 17.8 Å². The molecule has 3 atom stereocenters. The highest BCUT2D eigenvalue weighted by atomic mass is 32.1. The van der Waals surface area contributed by atoms with Gasteiger partial charge in [0.05, 0.1) is 17.9 Å². The highest BCUT2D eigenvalue weighted by Gasteiger charge is 2.36. The van der Waals surface area contributed by atoms with Crippen molar-refractivity contribution in [2.24, 2.45) is 11.8 Å². The first-order chi connectivity index (χ1) is 9.90. The number of aliphatic carboxylic acids is 1. The molecule has 2 rings (SSSR count). The second-order valence-corrected chi connectivity index (χ2v) is 7.39. The lowest BCUT2D eigenvalue weighted by Crippen LogP contribution is -2.40. The molecule has 0 aromatic carbocycles. The van der Waals surface area contributed by atoms with Gasteiger partial charge in [-0.3, -0.25) is 9.59 Å². The SMILES string of the molecule is Cc1cc(C(C)NC(=O)[C@@H]2CCCC[C@@H]2C(=O)O)c(C)s1. The van der Waals surface area contributed by atoms with Crippen molar-refractivity contribution < 1.29 is 14.7 Å². The van der Waals surface area contributed by atoms with Crippen LogP contribution in [-0.4, -0.2) is 17.0 Å². The number of hydrogen-bond acceptors (Lipinski definition) is 3. The summed E-state index contributed by atoms with van der Waals surface area (Å²) in [5.74, 6) is -1.88. The van der Waals surface area contributed by atoms with Crippen LogP contribution in [0.2, 0.25) is 0 Å². The van der Waals surface area contributed by atoms with E-state index >= 15 is 0 Å². The molecule has 1 unspecified atom stereocenters. The van der Waals surface area contributed by atoms with Gasteiger partial charge in [-0.2, -0.15) is 0 Å². The van der Waals surface area contributed by atoms with Crippen molar-refractivity contribution in [2.75, 3.05) is 0 Å². The van der Waals surface area contributed by atoms with E-state index in [2.05, 4.69) is 25.2 Å². The number of carboxylic acid groups (broad SMARTS) is 1. The van der Waals surface area contributed by atoms with Gasteiger partial charge in [0.25, 0.3) is 0 Å². The molecule has 1 fully saturated rings. The zero-order valence-corrected chi connectivity index (χ0v) is 13.6. The Bertz CT molecular complexity index is 538. The molecule has 1 saturated carbocycles. The molecule has 4 nitrogen and oxygen atoms in total. The van der Waals surface area contributed by atoms with Crippen LogP contribution in [0, 0.1) is 25.7 Å². The van der Waals surface area contributed by atoms with Gasteiger partial charge >= 0.3 is 5.97 Å². The minimum atomic E-state index is -0.843. The molecule has 2 N–H and O–H groups in total. The topological polar surface area (TPSA) is 66.4 Å². The zero-order valence-electron chi connectivity index (χ0n) is 12.8. The lowest BCUT2D eigenvalue weighted by molar-refractivity contribution is -0.149. The summed E-state index contributed by atoms with van der Waals surface area (Å²) < 4.78 is 0. The molecule has 1 heterocycles. The van der Waals surface area contributed by atoms with Gasteiger partial charge in [-0.25, -0.2) is 0 Å². The third-order valence-electron chi connectivity index (χ3n) is 4.32. The van der Waals surface area contributed by atoms with Gasteiger partial charge in [0.2, 0.25) is 5.91 Å². The Morgan fingerprint density at radius 3 is 2.43 bits per heavy atom. The van der Waals surface area contributed by atoms with Crippen LogP contribution >= 0.6 is 11.3 Å². The first-order valence-corrected chi connectivity index (χ1v) is 8.32. The van der Waals surface area contributed by atoms with Crippen molar-refractivity contribution in [1.82, 2.24) is 5.32 Å². The lowest BCUT2D eigenvalue weighted by Gasteiger charge is -2.28. The van der Waals surface area contributed by atoms with Gasteiger partial charge in [-0.15, -0.1) is 11.3 Å². The smallest absolute Gasteiger partial charge is 0.307 e. The summed E-state index contributed by atoms with van der Waals surface area (Å²) in [6, 6.07) is 2.03. The number of aryl methyl sites for hydroxylation is 2. The van der Waals surface area contributed by atoms with Crippen LogP contribution in [-0.2, 0) is 9.59 Å². The van der Waals surface area contributed by atoms with E-state index in [1.807, 2.05) is 6.92 Å². The van der Waals surface area contributed by atoms with Gasteiger partial charge in [0.1, 0.15) is 0 Å². The van der Waals surface area contributed by atoms with E-state index in [1.165, 1.54) is 9.75 Å². The summed E-state index contributed by atoms with van der Waals surface area (Å²) in [6.45, 7) is 6.07. The molecule has 0 aliphatic heterocycles. The van der Waals surface area contributed by atoms with Crippen molar-refractivity contribution in [3.8, 4) is 0 Å². The zero-order chi connectivity index (χ0) is 15.6. The number of carboxylic acids is 1. The summed E-state index contributed by atoms with van der Waals surface area (Å²) in [6.07, 6.45) is 3.13. The maximum atomic E-state index is 12.4. The van der Waals surface area contributed by atoms with Crippen LogP contribution in [0.4, 0.5) is 0 Å². The number of hydrogen-bond donors (Lipinski definition) is 2. The van der Waals surface area contributed by atoms with E-state index in [0.717, 1.165) is 18.4 Å². The first kappa shape index (κ1) is 16.0. The molecular weight excluding hydrogens is 286 g/mol. The second kappa shape index (κ2) is 6.60. The lowest BCUT2D eigenvalue weighted by atomic mass is 9.78. The number of carbonyl (C=O) groups excluding carboxylic acids is 1. The highest BCUT2D eigenvalue weighted by Crippen LogP contribution is 2.32. The Kier molecular flexibility index (Phi) is 5.04. The second-order valence-electron chi connectivity index (χ2n) is 5.93. The maximum Gasteiger partial charge on any atom is 0.307 e. The van der Waals surface area contributed by atoms with E-state index in [9.17, 15) is 14.7 Å². The third-order valence-corrected chi connectivity index (χ3v) is 5.31. The number of carbonyl (C=O) groups is 2. The molecule has 0 spiro atoms. The van der Waals surface area contributed by atoms with Crippen LogP contribution in [0.25, 0.3) is 0 Å². The van der Waals surface area contributed by atoms with Gasteiger partial charge in [-0.05, 0) is 45.2 Å². The molecular formula is C16H23NO3S. The fourth-order valence-electron chi connectivity index (χ4n) is 3.22. The minimum absolute atomic E-state index is 0.0705. The summed E-state index contributed by atoms with van der Waals surface area (Å²) in [7, 11) is 0. The summed E-state index contributed by atoms with van der Waals surface area (Å²) >= 11 is 1.72. The van der Waals surface area contributed by atoms with Crippen molar-refractivity contribution >= 4 is 23.2 Å². The van der Waals surface area contributed by atoms with Crippen LogP contribution in [0.5, 0.6) is 0 Å². The Balaban J connectivity index is 2.06. The summed E-state index contributed by atoms with van der Waals surface area (Å²) in [5, 5.41) is 12.3. The molecule has 1 aliphatic carbocycles. The number of nitrogens with one attached hydrogen (secondary N) is 1. The maximum absolute atomic E-state index is 12.4. The van der Waals surface area contributed by atoms with E-state index in [0.29, 0.717) is 12.8 Å². The number of amides is 1. The predicted molar refractivity (Wildman–Crippen MR) is 83.4 cm³/mol. The van der Waals surface area contributed by atoms with E-state index in [1.54, 1.807) is 11.3 Å². The van der Waals surface area contributed by atoms with Gasteiger partial charge < -0.3 is 10.4 Å². The minimum Gasteiger partial charge on any atom is -0.481 e. The molecule has 21 heavy (non-hydrogen) atoms. The van der Waals surface area contributed by atoms with Gasteiger partial charge in [-0.1, -0.05) is 12.8 Å². The average Bonchev–Trinajstić information content (AvgIpc) is 2.77. The van der Waals surface area contributed by atoms with Crippen LogP contribution in [0.15, 0.2) is 6.07 Å². The van der Waals surface area contributed by atoms with Crippen LogP contribution in [0.3, 0.4) is 0 Å². The standard InChI is InChI=1S/C16H23NO3S/c1-9-8-14(11(3)21-9)10(2)17-15(18)12-6-4-5-7-13(12)16(19)20/h8,10,12-13H,4-7H2,1-3H3,(H,17,18)(H,19,20)/t10?,12-,13+/m1/s1. The Labute approximate surface area is 129 Å².